The van der Waals surface area contributed by atoms with Gasteiger partial charge in [0.25, 0.3) is 0 Å². The summed E-state index contributed by atoms with van der Waals surface area (Å²) >= 11 is 0. The molecule has 2 aromatic rings. The van der Waals surface area contributed by atoms with Crippen LogP contribution in [0, 0.1) is 0 Å². The number of rotatable bonds is 6. The first-order valence-electron chi connectivity index (χ1n) is 11.5. The van der Waals surface area contributed by atoms with Crippen molar-refractivity contribution >= 4 is 22.5 Å². The van der Waals surface area contributed by atoms with Gasteiger partial charge < -0.3 is 15.4 Å². The second kappa shape index (κ2) is 8.77. The summed E-state index contributed by atoms with van der Waals surface area (Å²) < 4.78 is 44.5. The van der Waals surface area contributed by atoms with E-state index in [4.69, 9.17) is 9.72 Å². The van der Waals surface area contributed by atoms with E-state index in [0.29, 0.717) is 36.3 Å². The van der Waals surface area contributed by atoms with Crippen molar-refractivity contribution in [3.05, 3.63) is 18.3 Å². The second-order valence-electron chi connectivity index (χ2n) is 9.41. The van der Waals surface area contributed by atoms with Crippen LogP contribution in [0.2, 0.25) is 0 Å². The molecule has 0 spiro atoms. The molecule has 0 amide bonds. The van der Waals surface area contributed by atoms with E-state index < -0.39 is 12.7 Å². The van der Waals surface area contributed by atoms with E-state index in [1.165, 1.54) is 0 Å². The van der Waals surface area contributed by atoms with Crippen molar-refractivity contribution < 1.29 is 17.9 Å². The summed E-state index contributed by atoms with van der Waals surface area (Å²) in [6.07, 6.45) is 1.39. The Morgan fingerprint density at radius 2 is 1.88 bits per heavy atom. The quantitative estimate of drug-likeness (QED) is 0.518. The molecule has 0 aromatic carbocycles. The van der Waals surface area contributed by atoms with Crippen LogP contribution in [-0.4, -0.2) is 65.0 Å². The third-order valence-electron chi connectivity index (χ3n) is 6.89. The van der Waals surface area contributed by atoms with Crippen molar-refractivity contribution in [1.82, 2.24) is 25.7 Å². The number of hydrazine groups is 1. The number of pyridine rings is 2. The predicted octanol–water partition coefficient (Wildman–Crippen LogP) is 3.23. The highest BCUT2D eigenvalue weighted by atomic mass is 19.4. The first-order chi connectivity index (χ1) is 15.8. The SMILES string of the molecule is COc1cnc2cc(NC3CC(C)NN3)nc(NC3C[C@H]4CC[C@@H](C3)N4CC(F)(F)F)c2c1. The Bertz CT molecular complexity index is 990. The largest absolute Gasteiger partial charge is 0.495 e. The molecule has 2 aromatic heterocycles. The summed E-state index contributed by atoms with van der Waals surface area (Å²) in [6, 6.07) is 4.08. The molecule has 0 radical (unpaired) electrons. The molecule has 5 rings (SSSR count). The molecule has 0 aliphatic carbocycles. The lowest BCUT2D eigenvalue weighted by Crippen LogP contribution is -2.50. The van der Waals surface area contributed by atoms with Gasteiger partial charge in [-0.25, -0.2) is 10.4 Å². The van der Waals surface area contributed by atoms with Crippen molar-refractivity contribution in [3.63, 3.8) is 0 Å². The lowest BCUT2D eigenvalue weighted by atomic mass is 9.97. The van der Waals surface area contributed by atoms with E-state index in [1.807, 2.05) is 12.1 Å². The van der Waals surface area contributed by atoms with E-state index in [1.54, 1.807) is 18.2 Å². The molecular formula is C22H30F3N7O. The van der Waals surface area contributed by atoms with E-state index in [-0.39, 0.29) is 24.3 Å². The molecule has 5 heterocycles. The summed E-state index contributed by atoms with van der Waals surface area (Å²) in [5, 5.41) is 7.78. The van der Waals surface area contributed by atoms with Crippen LogP contribution < -0.4 is 26.2 Å². The van der Waals surface area contributed by atoms with Crippen LogP contribution in [0.1, 0.15) is 39.0 Å². The maximum atomic E-state index is 13.0. The van der Waals surface area contributed by atoms with Crippen molar-refractivity contribution in [3.8, 4) is 5.75 Å². The van der Waals surface area contributed by atoms with Gasteiger partial charge in [0.1, 0.15) is 17.4 Å². The number of halogens is 3. The molecule has 0 saturated carbocycles. The zero-order chi connectivity index (χ0) is 23.2. The van der Waals surface area contributed by atoms with Crippen LogP contribution in [0.15, 0.2) is 18.3 Å². The maximum absolute atomic E-state index is 13.0. The Balaban J connectivity index is 1.38. The first-order valence-corrected chi connectivity index (χ1v) is 11.5. The van der Waals surface area contributed by atoms with Crippen molar-refractivity contribution in [2.24, 2.45) is 0 Å². The molecule has 8 nitrogen and oxygen atoms in total. The number of hydrogen-bond donors (Lipinski definition) is 4. The highest BCUT2D eigenvalue weighted by Crippen LogP contribution is 2.39. The summed E-state index contributed by atoms with van der Waals surface area (Å²) in [7, 11) is 1.59. The molecule has 3 saturated heterocycles. The van der Waals surface area contributed by atoms with E-state index in [9.17, 15) is 13.2 Å². The van der Waals surface area contributed by atoms with Gasteiger partial charge in [-0.3, -0.25) is 15.3 Å². The Labute approximate surface area is 190 Å². The zero-order valence-electron chi connectivity index (χ0n) is 18.7. The zero-order valence-corrected chi connectivity index (χ0v) is 18.7. The van der Waals surface area contributed by atoms with E-state index in [0.717, 1.165) is 30.2 Å². The summed E-state index contributed by atoms with van der Waals surface area (Å²) in [5.74, 6) is 1.99. The number of fused-ring (bicyclic) bond motifs is 3. The number of nitrogens with one attached hydrogen (secondary N) is 4. The average Bonchev–Trinajstić information content (AvgIpc) is 3.25. The van der Waals surface area contributed by atoms with Gasteiger partial charge in [0.15, 0.2) is 0 Å². The maximum Gasteiger partial charge on any atom is 0.401 e. The van der Waals surface area contributed by atoms with Gasteiger partial charge in [0.2, 0.25) is 0 Å². The van der Waals surface area contributed by atoms with Crippen LogP contribution in [0.3, 0.4) is 0 Å². The summed E-state index contributed by atoms with van der Waals surface area (Å²) in [5.41, 5.74) is 7.16. The fourth-order valence-electron chi connectivity index (χ4n) is 5.44. The Kier molecular flexibility index (Phi) is 5.96. The van der Waals surface area contributed by atoms with Crippen LogP contribution in [0.25, 0.3) is 10.9 Å². The minimum atomic E-state index is -4.16. The van der Waals surface area contributed by atoms with E-state index in [2.05, 4.69) is 33.4 Å². The monoisotopic (exact) mass is 465 g/mol. The normalized spacial score (nSPS) is 30.0. The predicted molar refractivity (Wildman–Crippen MR) is 120 cm³/mol. The first kappa shape index (κ1) is 22.4. The lowest BCUT2D eigenvalue weighted by molar-refractivity contribution is -0.155. The second-order valence-corrected chi connectivity index (χ2v) is 9.41. The molecule has 2 bridgehead atoms. The van der Waals surface area contributed by atoms with Crippen LogP contribution in [0.4, 0.5) is 24.8 Å². The van der Waals surface area contributed by atoms with Gasteiger partial charge in [-0.05, 0) is 45.1 Å². The molecule has 3 aliphatic heterocycles. The topological polar surface area (TPSA) is 86.4 Å². The Hall–Kier alpha value is -2.37. The van der Waals surface area contributed by atoms with E-state index >= 15 is 0 Å². The van der Waals surface area contributed by atoms with Crippen molar-refractivity contribution in [2.45, 2.75) is 75.5 Å². The third-order valence-corrected chi connectivity index (χ3v) is 6.89. The number of ether oxygens (including phenoxy) is 1. The number of anilines is 2. The molecule has 4 N–H and O–H groups in total. The molecule has 5 atom stereocenters. The fourth-order valence-corrected chi connectivity index (χ4v) is 5.44. The number of nitrogens with zero attached hydrogens (tertiary/aromatic N) is 3. The van der Waals surface area contributed by atoms with Gasteiger partial charge in [-0.15, -0.1) is 0 Å². The Morgan fingerprint density at radius 3 is 2.52 bits per heavy atom. The molecule has 33 heavy (non-hydrogen) atoms. The minimum Gasteiger partial charge on any atom is -0.495 e. The smallest absolute Gasteiger partial charge is 0.401 e. The third kappa shape index (κ3) is 4.95. The minimum absolute atomic E-state index is 0.0394. The van der Waals surface area contributed by atoms with Crippen LogP contribution >= 0.6 is 0 Å². The van der Waals surface area contributed by atoms with Gasteiger partial charge in [-0.2, -0.15) is 13.2 Å². The lowest BCUT2D eigenvalue weighted by Gasteiger charge is -2.39. The molecule has 3 fully saturated rings. The number of piperidine rings is 1. The molecule has 180 valence electrons. The Morgan fingerprint density at radius 1 is 1.12 bits per heavy atom. The summed E-state index contributed by atoms with van der Waals surface area (Å²) in [4.78, 5) is 11.0. The fraction of sp³-hybridized carbons (Fsp3) is 0.636. The molecule has 3 aliphatic rings. The number of hydrogen-bond acceptors (Lipinski definition) is 8. The molecule has 11 heteroatoms. The van der Waals surface area contributed by atoms with Gasteiger partial charge in [-0.1, -0.05) is 0 Å². The highest BCUT2D eigenvalue weighted by molar-refractivity contribution is 5.92. The van der Waals surface area contributed by atoms with Crippen molar-refractivity contribution in [2.75, 3.05) is 24.3 Å². The number of alkyl halides is 3. The van der Waals surface area contributed by atoms with Gasteiger partial charge in [0, 0.05) is 35.6 Å². The molecule has 3 unspecified atom stereocenters. The standard InChI is InChI=1S/C22H30F3N7O/c1-12-5-20(31-30-12)28-19-9-18-17(8-16(33-2)10-26-18)21(29-19)27-13-6-14-3-4-15(7-13)32(14)11-22(23,24)25/h8-10,12-15,20,30-31H,3-7,11H2,1-2H3,(H2,27,28,29)/t12?,13?,14-,15+,20?. The number of aromatic nitrogens is 2. The highest BCUT2D eigenvalue weighted by Gasteiger charge is 2.45. The van der Waals surface area contributed by atoms with Crippen molar-refractivity contribution in [1.29, 1.82) is 0 Å². The van der Waals surface area contributed by atoms with Gasteiger partial charge >= 0.3 is 6.18 Å². The van der Waals surface area contributed by atoms with Gasteiger partial charge in [0.05, 0.1) is 31.5 Å². The molecular weight excluding hydrogens is 435 g/mol. The summed E-state index contributed by atoms with van der Waals surface area (Å²) in [6.45, 7) is 1.28. The number of methoxy groups -OCH3 is 1. The van der Waals surface area contributed by atoms with Crippen LogP contribution in [0.5, 0.6) is 5.75 Å². The van der Waals surface area contributed by atoms with Crippen LogP contribution in [-0.2, 0) is 0 Å². The average molecular weight is 466 g/mol.